The first-order valence-corrected chi connectivity index (χ1v) is 7.76. The highest BCUT2D eigenvalue weighted by molar-refractivity contribution is 7.88. The summed E-state index contributed by atoms with van der Waals surface area (Å²) >= 11 is 0. The van der Waals surface area contributed by atoms with E-state index in [1.54, 1.807) is 13.8 Å². The zero-order valence-electron chi connectivity index (χ0n) is 11.5. The normalized spacial score (nSPS) is 12.7. The Labute approximate surface area is 117 Å². The van der Waals surface area contributed by atoms with E-state index in [1.807, 2.05) is 0 Å². The lowest BCUT2D eigenvalue weighted by molar-refractivity contribution is 0.393. The predicted molar refractivity (Wildman–Crippen MR) is 71.8 cm³/mol. The molecule has 0 spiro atoms. The van der Waals surface area contributed by atoms with Crippen LogP contribution in [0.25, 0.3) is 0 Å². The first-order valence-electron chi connectivity index (χ1n) is 5.87. The molecule has 0 bridgehead atoms. The molecule has 0 heterocycles. The standard InChI is InChI=1S/C12H18F2N2O3S/c1-12(2,16-20(3,18)19)7-15-6-8-4-9(13)11(17)10(14)5-8/h4-5,15-17H,6-7H2,1-3H3. The molecule has 0 aliphatic rings. The van der Waals surface area contributed by atoms with Gasteiger partial charge in [0, 0.05) is 18.6 Å². The maximum Gasteiger partial charge on any atom is 0.209 e. The summed E-state index contributed by atoms with van der Waals surface area (Å²) in [5.41, 5.74) is -0.422. The van der Waals surface area contributed by atoms with Crippen molar-refractivity contribution in [2.45, 2.75) is 25.9 Å². The Morgan fingerprint density at radius 3 is 2.20 bits per heavy atom. The third-order valence-corrected chi connectivity index (χ3v) is 3.36. The number of phenolic OH excluding ortho intramolecular Hbond substituents is 1. The molecule has 0 aromatic heterocycles. The maximum atomic E-state index is 13.1. The van der Waals surface area contributed by atoms with Crippen LogP contribution in [0.2, 0.25) is 0 Å². The third kappa shape index (κ3) is 5.40. The first-order chi connectivity index (χ1) is 9.00. The molecule has 0 amide bonds. The smallest absolute Gasteiger partial charge is 0.209 e. The van der Waals surface area contributed by atoms with E-state index in [9.17, 15) is 17.2 Å². The molecule has 1 aromatic carbocycles. The number of sulfonamides is 1. The van der Waals surface area contributed by atoms with Crippen molar-refractivity contribution in [3.05, 3.63) is 29.3 Å². The Balaban J connectivity index is 2.61. The zero-order chi connectivity index (χ0) is 15.6. The molecule has 3 N–H and O–H groups in total. The predicted octanol–water partition coefficient (Wildman–Crippen LogP) is 1.09. The second-order valence-electron chi connectivity index (χ2n) is 5.27. The van der Waals surface area contributed by atoms with E-state index in [2.05, 4.69) is 10.0 Å². The van der Waals surface area contributed by atoms with Gasteiger partial charge in [-0.2, -0.15) is 0 Å². The van der Waals surface area contributed by atoms with Gasteiger partial charge in [0.15, 0.2) is 17.4 Å². The van der Waals surface area contributed by atoms with Crippen molar-refractivity contribution in [2.24, 2.45) is 0 Å². The van der Waals surface area contributed by atoms with E-state index in [-0.39, 0.29) is 13.1 Å². The van der Waals surface area contributed by atoms with Gasteiger partial charge in [0.2, 0.25) is 10.0 Å². The van der Waals surface area contributed by atoms with Gasteiger partial charge in [-0.3, -0.25) is 0 Å². The van der Waals surface area contributed by atoms with Crippen molar-refractivity contribution in [1.29, 1.82) is 0 Å². The van der Waals surface area contributed by atoms with Crippen molar-refractivity contribution < 1.29 is 22.3 Å². The summed E-state index contributed by atoms with van der Waals surface area (Å²) in [5, 5.41) is 11.9. The summed E-state index contributed by atoms with van der Waals surface area (Å²) in [7, 11) is -3.34. The molecular formula is C12H18F2N2O3S. The van der Waals surface area contributed by atoms with Crippen LogP contribution in [0.15, 0.2) is 12.1 Å². The molecule has 20 heavy (non-hydrogen) atoms. The monoisotopic (exact) mass is 308 g/mol. The van der Waals surface area contributed by atoms with Crippen LogP contribution in [0, 0.1) is 11.6 Å². The molecular weight excluding hydrogens is 290 g/mol. The van der Waals surface area contributed by atoms with Crippen molar-refractivity contribution >= 4 is 10.0 Å². The fourth-order valence-electron chi connectivity index (χ4n) is 1.78. The molecule has 0 aliphatic carbocycles. The van der Waals surface area contributed by atoms with Crippen LogP contribution in [0.3, 0.4) is 0 Å². The zero-order valence-corrected chi connectivity index (χ0v) is 12.3. The van der Waals surface area contributed by atoms with E-state index in [0.717, 1.165) is 18.4 Å². The fourth-order valence-corrected chi connectivity index (χ4v) is 2.85. The van der Waals surface area contributed by atoms with Crippen molar-refractivity contribution in [1.82, 2.24) is 10.0 Å². The maximum absolute atomic E-state index is 13.1. The van der Waals surface area contributed by atoms with Gasteiger partial charge in [0.25, 0.3) is 0 Å². The third-order valence-electron chi connectivity index (χ3n) is 2.43. The van der Waals surface area contributed by atoms with Gasteiger partial charge in [0.1, 0.15) is 0 Å². The topological polar surface area (TPSA) is 78.4 Å². The molecule has 0 aliphatic heterocycles. The average Bonchev–Trinajstić information content (AvgIpc) is 2.21. The van der Waals surface area contributed by atoms with E-state index < -0.39 is 32.9 Å². The van der Waals surface area contributed by atoms with E-state index in [4.69, 9.17) is 5.11 Å². The molecule has 0 fully saturated rings. The Morgan fingerprint density at radius 1 is 1.25 bits per heavy atom. The number of nitrogens with one attached hydrogen (secondary N) is 2. The molecule has 1 rings (SSSR count). The molecule has 0 saturated heterocycles. The van der Waals surface area contributed by atoms with Gasteiger partial charge in [0.05, 0.1) is 6.26 Å². The second-order valence-corrected chi connectivity index (χ2v) is 7.02. The van der Waals surface area contributed by atoms with E-state index >= 15 is 0 Å². The summed E-state index contributed by atoms with van der Waals surface area (Å²) in [6, 6.07) is 2.03. The summed E-state index contributed by atoms with van der Waals surface area (Å²) in [6.07, 6.45) is 1.06. The van der Waals surface area contributed by atoms with Crippen LogP contribution >= 0.6 is 0 Å². The highest BCUT2D eigenvalue weighted by atomic mass is 32.2. The van der Waals surface area contributed by atoms with E-state index in [1.165, 1.54) is 0 Å². The van der Waals surface area contributed by atoms with Gasteiger partial charge in [-0.1, -0.05) is 0 Å². The molecule has 0 unspecified atom stereocenters. The molecule has 0 atom stereocenters. The largest absolute Gasteiger partial charge is 0.503 e. The minimum atomic E-state index is -3.34. The average molecular weight is 308 g/mol. The van der Waals surface area contributed by atoms with Crippen molar-refractivity contribution in [3.63, 3.8) is 0 Å². The number of aromatic hydroxyl groups is 1. The van der Waals surface area contributed by atoms with Crippen LogP contribution in [0.1, 0.15) is 19.4 Å². The molecule has 0 saturated carbocycles. The molecule has 1 aromatic rings. The van der Waals surface area contributed by atoms with Gasteiger partial charge < -0.3 is 10.4 Å². The summed E-state index contributed by atoms with van der Waals surface area (Å²) in [4.78, 5) is 0. The number of rotatable bonds is 6. The van der Waals surface area contributed by atoms with Crippen LogP contribution in [-0.2, 0) is 16.6 Å². The Bertz CT molecular complexity index is 565. The quantitative estimate of drug-likeness (QED) is 0.735. The van der Waals surface area contributed by atoms with Gasteiger partial charge in [-0.15, -0.1) is 0 Å². The minimum Gasteiger partial charge on any atom is -0.503 e. The van der Waals surface area contributed by atoms with Crippen LogP contribution in [0.5, 0.6) is 5.75 Å². The van der Waals surface area contributed by atoms with Crippen LogP contribution in [0.4, 0.5) is 8.78 Å². The Hall–Kier alpha value is -1.25. The number of hydrogen-bond donors (Lipinski definition) is 3. The lowest BCUT2D eigenvalue weighted by Gasteiger charge is -2.25. The molecule has 114 valence electrons. The van der Waals surface area contributed by atoms with E-state index in [0.29, 0.717) is 5.56 Å². The number of hydrogen-bond acceptors (Lipinski definition) is 4. The minimum absolute atomic E-state index is 0.142. The lowest BCUT2D eigenvalue weighted by Crippen LogP contribution is -2.49. The van der Waals surface area contributed by atoms with Gasteiger partial charge in [-0.25, -0.2) is 21.9 Å². The number of halogens is 2. The van der Waals surface area contributed by atoms with Gasteiger partial charge in [-0.05, 0) is 31.5 Å². The fraction of sp³-hybridized carbons (Fsp3) is 0.500. The molecule has 5 nitrogen and oxygen atoms in total. The Morgan fingerprint density at radius 2 is 1.75 bits per heavy atom. The van der Waals surface area contributed by atoms with Crippen molar-refractivity contribution in [3.8, 4) is 5.75 Å². The molecule has 0 radical (unpaired) electrons. The SMILES string of the molecule is CC(C)(CNCc1cc(F)c(O)c(F)c1)NS(C)(=O)=O. The lowest BCUT2D eigenvalue weighted by atomic mass is 10.1. The van der Waals surface area contributed by atoms with Crippen LogP contribution in [-0.4, -0.2) is 31.9 Å². The Kier molecular flexibility index (Phi) is 5.06. The highest BCUT2D eigenvalue weighted by Gasteiger charge is 2.21. The number of benzene rings is 1. The second kappa shape index (κ2) is 6.02. The summed E-state index contributed by atoms with van der Waals surface area (Å²) in [5.74, 6) is -3.07. The first kappa shape index (κ1) is 16.8. The molecule has 8 heteroatoms. The number of phenols is 1. The van der Waals surface area contributed by atoms with Crippen LogP contribution < -0.4 is 10.0 Å². The highest BCUT2D eigenvalue weighted by Crippen LogP contribution is 2.21. The van der Waals surface area contributed by atoms with Crippen molar-refractivity contribution in [2.75, 3.05) is 12.8 Å². The summed E-state index contributed by atoms with van der Waals surface area (Å²) < 4.78 is 50.9. The summed E-state index contributed by atoms with van der Waals surface area (Å²) in [6.45, 7) is 3.77. The van der Waals surface area contributed by atoms with Gasteiger partial charge >= 0.3 is 0 Å².